The third kappa shape index (κ3) is 3.45. The van der Waals surface area contributed by atoms with Crippen molar-refractivity contribution in [3.63, 3.8) is 0 Å². The fourth-order valence-electron chi connectivity index (χ4n) is 2.75. The van der Waals surface area contributed by atoms with Crippen LogP contribution < -0.4 is 10.2 Å². The molecular weight excluding hydrogens is 323 g/mol. The van der Waals surface area contributed by atoms with Crippen LogP contribution in [-0.4, -0.2) is 5.97 Å². The molecule has 128 valence electrons. The number of hydrogen-bond acceptors (Lipinski definition) is 4. The van der Waals surface area contributed by atoms with E-state index in [0.29, 0.717) is 34.3 Å². The molecule has 0 aliphatic rings. The van der Waals surface area contributed by atoms with Crippen LogP contribution in [0.25, 0.3) is 22.1 Å². The average Bonchev–Trinajstić information content (AvgIpc) is 2.57. The minimum absolute atomic E-state index is 0.209. The van der Waals surface area contributed by atoms with Crippen molar-refractivity contribution in [1.82, 2.24) is 0 Å². The predicted molar refractivity (Wildman–Crippen MR) is 93.2 cm³/mol. The Hall–Kier alpha value is -2.95. The number of hydrogen-bond donors (Lipinski definition) is 0. The summed E-state index contributed by atoms with van der Waals surface area (Å²) in [5, 5.41) is 0.404. The van der Waals surface area contributed by atoms with E-state index in [-0.39, 0.29) is 11.2 Å². The third-order valence-corrected chi connectivity index (χ3v) is 3.88. The largest absolute Gasteiger partial charge is 0.463 e. The molecule has 0 bridgehead atoms. The van der Waals surface area contributed by atoms with Gasteiger partial charge in [0.05, 0.1) is 10.9 Å². The van der Waals surface area contributed by atoms with Gasteiger partial charge in [0, 0.05) is 13.0 Å². The zero-order valence-electron chi connectivity index (χ0n) is 14.0. The second kappa shape index (κ2) is 6.89. The molecule has 0 radical (unpaired) electrons. The molecule has 0 saturated carbocycles. The number of benzene rings is 2. The van der Waals surface area contributed by atoms with Crippen LogP contribution in [0.1, 0.15) is 25.8 Å². The molecule has 0 fully saturated rings. The van der Waals surface area contributed by atoms with E-state index in [9.17, 15) is 14.0 Å². The second-order valence-electron chi connectivity index (χ2n) is 5.79. The first-order valence-electron chi connectivity index (χ1n) is 8.02. The van der Waals surface area contributed by atoms with Gasteiger partial charge in [-0.25, -0.2) is 4.39 Å². The quantitative estimate of drug-likeness (QED) is 0.519. The van der Waals surface area contributed by atoms with Gasteiger partial charge >= 0.3 is 5.97 Å². The summed E-state index contributed by atoms with van der Waals surface area (Å²) in [5.74, 6) is -0.397. The third-order valence-electron chi connectivity index (χ3n) is 3.88. The van der Waals surface area contributed by atoms with Gasteiger partial charge in [-0.15, -0.1) is 0 Å². The molecule has 0 saturated heterocycles. The lowest BCUT2D eigenvalue weighted by Crippen LogP contribution is -2.08. The number of carbonyl (C=O) groups excluding carboxylic acids is 1. The summed E-state index contributed by atoms with van der Waals surface area (Å²) >= 11 is 0. The molecule has 0 unspecified atom stereocenters. The first kappa shape index (κ1) is 16.9. The number of aryl methyl sites for hydroxylation is 1. The lowest BCUT2D eigenvalue weighted by atomic mass is 10.0. The van der Waals surface area contributed by atoms with Crippen molar-refractivity contribution in [2.75, 3.05) is 0 Å². The van der Waals surface area contributed by atoms with Crippen molar-refractivity contribution in [1.29, 1.82) is 0 Å². The molecule has 25 heavy (non-hydrogen) atoms. The maximum absolute atomic E-state index is 13.1. The smallest absolute Gasteiger partial charge is 0.308 e. The van der Waals surface area contributed by atoms with Gasteiger partial charge in [0.2, 0.25) is 5.43 Å². The van der Waals surface area contributed by atoms with E-state index < -0.39 is 5.97 Å². The Labute approximate surface area is 143 Å². The summed E-state index contributed by atoms with van der Waals surface area (Å²) in [4.78, 5) is 24.1. The molecular formula is C20H17FO4. The van der Waals surface area contributed by atoms with Gasteiger partial charge in [-0.2, -0.15) is 0 Å². The molecule has 2 aromatic carbocycles. The van der Waals surface area contributed by atoms with Crippen molar-refractivity contribution in [2.45, 2.75) is 26.7 Å². The number of fused-ring (bicyclic) bond motifs is 1. The Bertz CT molecular complexity index is 987. The maximum Gasteiger partial charge on any atom is 0.308 e. The molecule has 4 nitrogen and oxygen atoms in total. The molecule has 3 rings (SSSR count). The molecule has 1 aromatic heterocycles. The summed E-state index contributed by atoms with van der Waals surface area (Å²) in [6.45, 7) is 3.33. The lowest BCUT2D eigenvalue weighted by molar-refractivity contribution is -0.131. The van der Waals surface area contributed by atoms with E-state index >= 15 is 0 Å². The topological polar surface area (TPSA) is 56.5 Å². The van der Waals surface area contributed by atoms with E-state index in [2.05, 4.69) is 0 Å². The number of rotatable bonds is 4. The molecule has 0 amide bonds. The normalized spacial score (nSPS) is 10.8. The summed E-state index contributed by atoms with van der Waals surface area (Å²) < 4.78 is 23.9. The average molecular weight is 340 g/mol. The van der Waals surface area contributed by atoms with Crippen molar-refractivity contribution in [3.05, 3.63) is 64.3 Å². The van der Waals surface area contributed by atoms with Crippen molar-refractivity contribution < 1.29 is 18.3 Å². The Morgan fingerprint density at radius 2 is 1.92 bits per heavy atom. The molecule has 3 aromatic rings. The van der Waals surface area contributed by atoms with Gasteiger partial charge in [-0.1, -0.05) is 25.5 Å². The van der Waals surface area contributed by atoms with Crippen LogP contribution in [0.15, 0.2) is 51.9 Å². The van der Waals surface area contributed by atoms with Gasteiger partial charge in [-0.3, -0.25) is 9.59 Å². The van der Waals surface area contributed by atoms with Gasteiger partial charge in [-0.05, 0) is 35.7 Å². The molecule has 1 heterocycles. The van der Waals surface area contributed by atoms with Crippen LogP contribution in [0.3, 0.4) is 0 Å². The highest BCUT2D eigenvalue weighted by Crippen LogP contribution is 2.28. The van der Waals surface area contributed by atoms with Gasteiger partial charge in [0.25, 0.3) is 0 Å². The van der Waals surface area contributed by atoms with Gasteiger partial charge in [0.15, 0.2) is 0 Å². The van der Waals surface area contributed by atoms with Crippen molar-refractivity contribution in [2.24, 2.45) is 0 Å². The number of carbonyl (C=O) groups is 1. The number of halogens is 1. The first-order valence-corrected chi connectivity index (χ1v) is 8.02. The highest BCUT2D eigenvalue weighted by atomic mass is 19.1. The van der Waals surface area contributed by atoms with Crippen LogP contribution in [0.2, 0.25) is 0 Å². The highest BCUT2D eigenvalue weighted by Gasteiger charge is 2.14. The lowest BCUT2D eigenvalue weighted by Gasteiger charge is -2.10. The Kier molecular flexibility index (Phi) is 4.65. The van der Waals surface area contributed by atoms with E-state index in [4.69, 9.17) is 9.15 Å². The van der Waals surface area contributed by atoms with Crippen molar-refractivity contribution >= 4 is 16.9 Å². The SMILES string of the molecule is CCCc1cc2c(=O)c(-c3ccc(F)cc3)coc2cc1OC(C)=O. The Morgan fingerprint density at radius 3 is 2.56 bits per heavy atom. The Morgan fingerprint density at radius 1 is 1.20 bits per heavy atom. The van der Waals surface area contributed by atoms with Crippen LogP contribution in [0.5, 0.6) is 5.75 Å². The summed E-state index contributed by atoms with van der Waals surface area (Å²) in [7, 11) is 0. The molecule has 0 aliphatic heterocycles. The molecule has 0 spiro atoms. The maximum atomic E-state index is 13.1. The van der Waals surface area contributed by atoms with Crippen molar-refractivity contribution in [3.8, 4) is 16.9 Å². The molecule has 0 N–H and O–H groups in total. The monoisotopic (exact) mass is 340 g/mol. The molecule has 0 atom stereocenters. The Balaban J connectivity index is 2.19. The fourth-order valence-corrected chi connectivity index (χ4v) is 2.75. The van der Waals surface area contributed by atoms with Gasteiger partial charge in [0.1, 0.15) is 23.4 Å². The van der Waals surface area contributed by atoms with E-state index in [1.807, 2.05) is 6.92 Å². The summed E-state index contributed by atoms with van der Waals surface area (Å²) in [5.41, 5.74) is 1.84. The molecule has 0 aliphatic carbocycles. The van der Waals surface area contributed by atoms with E-state index in [1.54, 1.807) is 12.1 Å². The van der Waals surface area contributed by atoms with E-state index in [0.717, 1.165) is 12.0 Å². The summed E-state index contributed by atoms with van der Waals surface area (Å²) in [6.07, 6.45) is 2.84. The zero-order chi connectivity index (χ0) is 18.0. The summed E-state index contributed by atoms with van der Waals surface area (Å²) in [6, 6.07) is 8.94. The van der Waals surface area contributed by atoms with Crippen LogP contribution >= 0.6 is 0 Å². The number of esters is 1. The fraction of sp³-hybridized carbons (Fsp3) is 0.200. The first-order chi connectivity index (χ1) is 12.0. The minimum atomic E-state index is -0.429. The standard InChI is InChI=1S/C20H17FO4/c1-3-4-14-9-16-19(10-18(14)25-12(2)22)24-11-17(20(16)23)13-5-7-15(21)8-6-13/h5-11H,3-4H2,1-2H3. The van der Waals surface area contributed by atoms with Crippen LogP contribution in [0.4, 0.5) is 4.39 Å². The zero-order valence-corrected chi connectivity index (χ0v) is 14.0. The predicted octanol–water partition coefficient (Wildman–Crippen LogP) is 4.48. The van der Waals surface area contributed by atoms with Crippen LogP contribution in [-0.2, 0) is 11.2 Å². The minimum Gasteiger partial charge on any atom is -0.463 e. The van der Waals surface area contributed by atoms with Gasteiger partial charge < -0.3 is 9.15 Å². The van der Waals surface area contributed by atoms with E-state index in [1.165, 1.54) is 37.5 Å². The number of ether oxygens (including phenoxy) is 1. The highest BCUT2D eigenvalue weighted by molar-refractivity contribution is 5.84. The second-order valence-corrected chi connectivity index (χ2v) is 5.79. The van der Waals surface area contributed by atoms with Crippen LogP contribution in [0, 0.1) is 5.82 Å². The molecule has 5 heteroatoms.